The van der Waals surface area contributed by atoms with Crippen molar-refractivity contribution >= 4 is 0 Å². The minimum atomic E-state index is 0.273. The van der Waals surface area contributed by atoms with Gasteiger partial charge in [-0.1, -0.05) is 31.5 Å². The molecule has 2 heteroatoms. The normalized spacial score (nSPS) is 26.2. The van der Waals surface area contributed by atoms with Gasteiger partial charge < -0.3 is 10.1 Å². The van der Waals surface area contributed by atoms with E-state index in [4.69, 9.17) is 4.74 Å². The summed E-state index contributed by atoms with van der Waals surface area (Å²) >= 11 is 0. The summed E-state index contributed by atoms with van der Waals surface area (Å²) in [7, 11) is 2.05. The van der Waals surface area contributed by atoms with Crippen molar-refractivity contribution in [2.45, 2.75) is 59.1 Å². The number of ether oxygens (including phenoxy) is 1. The van der Waals surface area contributed by atoms with Crippen molar-refractivity contribution in [2.75, 3.05) is 7.05 Å². The second kappa shape index (κ2) is 5.54. The first-order valence-corrected chi connectivity index (χ1v) is 7.35. The largest absolute Gasteiger partial charge is 0.489 e. The van der Waals surface area contributed by atoms with Gasteiger partial charge in [0.2, 0.25) is 0 Å². The molecule has 0 bridgehead atoms. The van der Waals surface area contributed by atoms with Gasteiger partial charge in [0.15, 0.2) is 0 Å². The summed E-state index contributed by atoms with van der Waals surface area (Å²) in [4.78, 5) is 0. The van der Waals surface area contributed by atoms with E-state index in [1.807, 2.05) is 0 Å². The van der Waals surface area contributed by atoms with Gasteiger partial charge >= 0.3 is 0 Å². The van der Waals surface area contributed by atoms with E-state index < -0.39 is 0 Å². The molecule has 0 aromatic heterocycles. The van der Waals surface area contributed by atoms with Crippen molar-refractivity contribution in [2.24, 2.45) is 5.41 Å². The molecule has 2 rings (SSSR count). The van der Waals surface area contributed by atoms with Crippen LogP contribution in [0.3, 0.4) is 0 Å². The molecule has 0 saturated heterocycles. The summed E-state index contributed by atoms with van der Waals surface area (Å²) in [5.74, 6) is 1.04. The molecular formula is C17H27NO. The fourth-order valence-corrected chi connectivity index (χ4v) is 3.38. The molecule has 0 amide bonds. The third-order valence-corrected chi connectivity index (χ3v) is 4.44. The maximum atomic E-state index is 6.32. The Labute approximate surface area is 117 Å². The first-order valence-electron chi connectivity index (χ1n) is 7.35. The van der Waals surface area contributed by atoms with Crippen LogP contribution in [0.2, 0.25) is 0 Å². The third-order valence-electron chi connectivity index (χ3n) is 4.44. The number of benzene rings is 1. The highest BCUT2D eigenvalue weighted by molar-refractivity contribution is 5.36. The lowest BCUT2D eigenvalue weighted by molar-refractivity contribution is 0.0399. The summed E-state index contributed by atoms with van der Waals surface area (Å²) in [5.41, 5.74) is 2.83. The summed E-state index contributed by atoms with van der Waals surface area (Å²) in [6, 6.07) is 6.85. The molecule has 0 radical (unpaired) electrons. The number of hydrogen-bond donors (Lipinski definition) is 1. The highest BCUT2D eigenvalue weighted by Crippen LogP contribution is 2.37. The van der Waals surface area contributed by atoms with Gasteiger partial charge in [-0.15, -0.1) is 0 Å². The van der Waals surface area contributed by atoms with E-state index in [9.17, 15) is 0 Å². The van der Waals surface area contributed by atoms with Crippen LogP contribution in [-0.4, -0.2) is 19.2 Å². The summed E-state index contributed by atoms with van der Waals surface area (Å²) in [6.07, 6.45) is 3.93. The Morgan fingerprint density at radius 1 is 1.26 bits per heavy atom. The number of aryl methyl sites for hydroxylation is 2. The fourth-order valence-electron chi connectivity index (χ4n) is 3.38. The molecule has 0 spiro atoms. The average Bonchev–Trinajstić information content (AvgIpc) is 2.32. The van der Waals surface area contributed by atoms with Crippen LogP contribution < -0.4 is 10.1 Å². The van der Waals surface area contributed by atoms with Crippen LogP contribution in [0.5, 0.6) is 5.75 Å². The Bertz CT molecular complexity index is 439. The number of rotatable bonds is 3. The molecule has 1 aromatic rings. The van der Waals surface area contributed by atoms with E-state index >= 15 is 0 Å². The van der Waals surface area contributed by atoms with Gasteiger partial charge in [0.1, 0.15) is 11.9 Å². The Hall–Kier alpha value is -1.02. The van der Waals surface area contributed by atoms with Crippen molar-refractivity contribution in [1.29, 1.82) is 0 Å². The van der Waals surface area contributed by atoms with E-state index in [1.165, 1.54) is 24.0 Å². The molecule has 1 aliphatic rings. The smallest absolute Gasteiger partial charge is 0.122 e. The predicted molar refractivity (Wildman–Crippen MR) is 80.8 cm³/mol. The van der Waals surface area contributed by atoms with Gasteiger partial charge in [0.25, 0.3) is 0 Å². The molecule has 1 saturated carbocycles. The van der Waals surface area contributed by atoms with Crippen LogP contribution in [0.1, 0.15) is 44.2 Å². The van der Waals surface area contributed by atoms with Crippen LogP contribution >= 0.6 is 0 Å². The Kier molecular flexibility index (Phi) is 4.19. The molecule has 0 aliphatic heterocycles. The van der Waals surface area contributed by atoms with E-state index in [0.717, 1.165) is 12.2 Å². The van der Waals surface area contributed by atoms with Gasteiger partial charge in [-0.3, -0.25) is 0 Å². The molecule has 2 nitrogen and oxygen atoms in total. The second-order valence-electron chi connectivity index (χ2n) is 6.57. The van der Waals surface area contributed by atoms with Gasteiger partial charge in [0.05, 0.1) is 0 Å². The fraction of sp³-hybridized carbons (Fsp3) is 0.647. The lowest BCUT2D eigenvalue weighted by Gasteiger charge is -2.43. The number of likely N-dealkylation sites (N-methyl/N-ethyl adjacent to an activating group) is 1. The lowest BCUT2D eigenvalue weighted by atomic mass is 9.72. The summed E-state index contributed by atoms with van der Waals surface area (Å²) < 4.78 is 6.32. The van der Waals surface area contributed by atoms with Crippen LogP contribution in [0.4, 0.5) is 0 Å². The average molecular weight is 261 g/mol. The summed E-state index contributed by atoms with van der Waals surface area (Å²) in [5, 5.41) is 3.47. The SMILES string of the molecule is CNC1C(Oc2ccc(C)cc2C)CCCC1(C)C. The van der Waals surface area contributed by atoms with Crippen LogP contribution in [0.25, 0.3) is 0 Å². The Morgan fingerprint density at radius 3 is 2.63 bits per heavy atom. The van der Waals surface area contributed by atoms with Gasteiger partial charge in [-0.25, -0.2) is 0 Å². The molecule has 1 fully saturated rings. The molecular weight excluding hydrogens is 234 g/mol. The zero-order valence-corrected chi connectivity index (χ0v) is 12.9. The predicted octanol–water partition coefficient (Wildman–Crippen LogP) is 3.85. The molecule has 1 aliphatic carbocycles. The van der Waals surface area contributed by atoms with Crippen LogP contribution in [0.15, 0.2) is 18.2 Å². The van der Waals surface area contributed by atoms with Crippen molar-refractivity contribution in [3.8, 4) is 5.75 Å². The first kappa shape index (κ1) is 14.4. The summed E-state index contributed by atoms with van der Waals surface area (Å²) in [6.45, 7) is 8.93. The quantitative estimate of drug-likeness (QED) is 0.892. The van der Waals surface area contributed by atoms with Crippen molar-refractivity contribution in [1.82, 2.24) is 5.32 Å². The Morgan fingerprint density at radius 2 is 2.00 bits per heavy atom. The monoisotopic (exact) mass is 261 g/mol. The van der Waals surface area contributed by atoms with E-state index in [1.54, 1.807) is 0 Å². The highest BCUT2D eigenvalue weighted by atomic mass is 16.5. The standard InChI is InChI=1S/C17H27NO/c1-12-8-9-14(13(2)11-12)19-15-7-6-10-17(3,4)16(15)18-5/h8-9,11,15-16,18H,6-7,10H2,1-5H3. The highest BCUT2D eigenvalue weighted by Gasteiger charge is 2.39. The third kappa shape index (κ3) is 3.11. The van der Waals surface area contributed by atoms with E-state index in [0.29, 0.717) is 11.5 Å². The minimum Gasteiger partial charge on any atom is -0.489 e. The molecule has 2 unspecified atom stereocenters. The van der Waals surface area contributed by atoms with Crippen molar-refractivity contribution in [3.63, 3.8) is 0 Å². The number of hydrogen-bond acceptors (Lipinski definition) is 2. The zero-order valence-electron chi connectivity index (χ0n) is 12.9. The van der Waals surface area contributed by atoms with E-state index in [2.05, 4.69) is 58.3 Å². The van der Waals surface area contributed by atoms with Crippen LogP contribution in [0, 0.1) is 19.3 Å². The molecule has 19 heavy (non-hydrogen) atoms. The molecule has 1 aromatic carbocycles. The van der Waals surface area contributed by atoms with E-state index in [-0.39, 0.29) is 6.10 Å². The molecule has 1 N–H and O–H groups in total. The maximum Gasteiger partial charge on any atom is 0.122 e. The lowest BCUT2D eigenvalue weighted by Crippen LogP contribution is -2.53. The van der Waals surface area contributed by atoms with Gasteiger partial charge in [-0.2, -0.15) is 0 Å². The molecule has 2 atom stereocenters. The molecule has 0 heterocycles. The van der Waals surface area contributed by atoms with Crippen molar-refractivity contribution < 1.29 is 4.74 Å². The Balaban J connectivity index is 2.17. The van der Waals surface area contributed by atoms with Crippen molar-refractivity contribution in [3.05, 3.63) is 29.3 Å². The van der Waals surface area contributed by atoms with Gasteiger partial charge in [0, 0.05) is 6.04 Å². The molecule has 106 valence electrons. The zero-order chi connectivity index (χ0) is 14.0. The number of nitrogens with one attached hydrogen (secondary N) is 1. The first-order chi connectivity index (χ1) is 8.94. The van der Waals surface area contributed by atoms with Crippen LogP contribution in [-0.2, 0) is 0 Å². The van der Waals surface area contributed by atoms with Gasteiger partial charge in [-0.05, 0) is 57.2 Å². The minimum absolute atomic E-state index is 0.273. The topological polar surface area (TPSA) is 21.3 Å². The maximum absolute atomic E-state index is 6.32. The second-order valence-corrected chi connectivity index (χ2v) is 6.57.